The van der Waals surface area contributed by atoms with Gasteiger partial charge in [0.05, 0.1) is 15.9 Å². The molecule has 1 amide bonds. The van der Waals surface area contributed by atoms with Gasteiger partial charge in [-0.2, -0.15) is 0 Å². The first kappa shape index (κ1) is 31.4. The normalized spacial score (nSPS) is 14.9. The van der Waals surface area contributed by atoms with Crippen molar-refractivity contribution >= 4 is 16.0 Å². The summed E-state index contributed by atoms with van der Waals surface area (Å²) in [6.07, 6.45) is 22.2. The second kappa shape index (κ2) is 19.8. The maximum atomic E-state index is 12.7. The van der Waals surface area contributed by atoms with Crippen molar-refractivity contribution in [3.63, 3.8) is 0 Å². The first-order valence-electron chi connectivity index (χ1n) is 12.7. The molecule has 31 heavy (non-hydrogen) atoms. The Morgan fingerprint density at radius 3 is 1.71 bits per heavy atom. The van der Waals surface area contributed by atoms with E-state index in [9.17, 15) is 17.8 Å². The Morgan fingerprint density at radius 1 is 0.806 bits per heavy atom. The summed E-state index contributed by atoms with van der Waals surface area (Å²) in [5.41, 5.74) is 0. The number of hydrogen-bond donors (Lipinski definition) is 0. The van der Waals surface area contributed by atoms with Crippen molar-refractivity contribution in [2.75, 3.05) is 12.3 Å². The van der Waals surface area contributed by atoms with Crippen molar-refractivity contribution in [1.82, 2.24) is 4.90 Å². The maximum Gasteiger partial charge on any atom is 1.00 e. The average Bonchev–Trinajstić information content (AvgIpc) is 2.71. The quantitative estimate of drug-likeness (QED) is 0.176. The number of nitrogens with zero attached hydrogens (tertiary/aromatic N) is 1. The molecule has 1 rings (SSSR count). The third-order valence-electron chi connectivity index (χ3n) is 6.41. The number of carbonyl (C=O) groups is 1. The average molecular weight is 468 g/mol. The van der Waals surface area contributed by atoms with Crippen LogP contribution in [0.1, 0.15) is 129 Å². The van der Waals surface area contributed by atoms with Gasteiger partial charge in [-0.3, -0.25) is 4.79 Å². The summed E-state index contributed by atoms with van der Waals surface area (Å²) in [7, 11) is -4.28. The fourth-order valence-corrected chi connectivity index (χ4v) is 4.97. The Labute approximate surface area is 214 Å². The fourth-order valence-electron chi connectivity index (χ4n) is 4.55. The monoisotopic (exact) mass is 467 g/mol. The first-order valence-corrected chi connectivity index (χ1v) is 14.2. The fraction of sp³-hybridized carbons (Fsp3) is 0.958. The summed E-state index contributed by atoms with van der Waals surface area (Å²) >= 11 is 0. The molecule has 1 fully saturated rings. The van der Waals surface area contributed by atoms with E-state index in [1.165, 1.54) is 77.0 Å². The van der Waals surface area contributed by atoms with E-state index in [1.54, 1.807) is 4.90 Å². The minimum atomic E-state index is -4.28. The number of rotatable bonds is 18. The minimum Gasteiger partial charge on any atom is -0.748 e. The van der Waals surface area contributed by atoms with E-state index < -0.39 is 15.9 Å². The van der Waals surface area contributed by atoms with Gasteiger partial charge in [-0.15, -0.1) is 0 Å². The number of unbranched alkanes of at least 4 members (excludes halogenated alkanes) is 12. The van der Waals surface area contributed by atoms with Crippen LogP contribution in [0.4, 0.5) is 0 Å². The van der Waals surface area contributed by atoms with Crippen LogP contribution in [-0.2, 0) is 14.9 Å². The van der Waals surface area contributed by atoms with Gasteiger partial charge in [0, 0.05) is 19.0 Å². The van der Waals surface area contributed by atoms with Gasteiger partial charge >= 0.3 is 29.6 Å². The molecule has 178 valence electrons. The van der Waals surface area contributed by atoms with Crippen LogP contribution in [0.3, 0.4) is 0 Å². The van der Waals surface area contributed by atoms with E-state index in [0.717, 1.165) is 38.5 Å². The molecular formula is C24H46NNaO4S. The molecule has 1 saturated carbocycles. The predicted octanol–water partition coefficient (Wildman–Crippen LogP) is 3.18. The molecule has 0 unspecified atom stereocenters. The van der Waals surface area contributed by atoms with Gasteiger partial charge in [0.2, 0.25) is 5.91 Å². The van der Waals surface area contributed by atoms with Crippen molar-refractivity contribution in [1.29, 1.82) is 0 Å². The third kappa shape index (κ3) is 17.5. The second-order valence-electron chi connectivity index (χ2n) is 9.13. The van der Waals surface area contributed by atoms with Gasteiger partial charge < -0.3 is 9.45 Å². The van der Waals surface area contributed by atoms with Gasteiger partial charge in [0.25, 0.3) is 0 Å². The smallest absolute Gasteiger partial charge is 0.748 e. The summed E-state index contributed by atoms with van der Waals surface area (Å²) in [5.74, 6) is -0.429. The summed E-state index contributed by atoms with van der Waals surface area (Å²) in [6.45, 7) is 2.32. The van der Waals surface area contributed by atoms with Crippen LogP contribution in [-0.4, -0.2) is 42.1 Å². The third-order valence-corrected chi connectivity index (χ3v) is 7.09. The molecule has 0 heterocycles. The molecule has 1 aliphatic carbocycles. The summed E-state index contributed by atoms with van der Waals surface area (Å²) < 4.78 is 33.1. The van der Waals surface area contributed by atoms with Crippen LogP contribution in [0.25, 0.3) is 0 Å². The van der Waals surface area contributed by atoms with Crippen molar-refractivity contribution in [3.8, 4) is 0 Å². The standard InChI is InChI=1S/C24H47NO4S.Na/c1-2-3-4-5-6-7-8-9-10-11-12-13-17-20-24(26)25(21-22-30(27,28)29)23-18-15-14-16-19-23;/h23H,2-22H2,1H3,(H,27,28,29);/q;+1/p-1. The Bertz CT molecular complexity index is 536. The van der Waals surface area contributed by atoms with Gasteiger partial charge in [-0.25, -0.2) is 8.42 Å². The zero-order valence-corrected chi connectivity index (χ0v) is 23.2. The molecular weight excluding hydrogens is 421 g/mol. The Morgan fingerprint density at radius 2 is 1.26 bits per heavy atom. The van der Waals surface area contributed by atoms with Gasteiger partial charge in [0.15, 0.2) is 0 Å². The zero-order valence-electron chi connectivity index (χ0n) is 20.4. The molecule has 1 aliphatic rings. The first-order chi connectivity index (χ1) is 14.4. The molecule has 0 aromatic carbocycles. The van der Waals surface area contributed by atoms with E-state index in [-0.39, 0.29) is 48.1 Å². The molecule has 5 nitrogen and oxygen atoms in total. The van der Waals surface area contributed by atoms with E-state index in [1.807, 2.05) is 0 Å². The predicted molar refractivity (Wildman–Crippen MR) is 123 cm³/mol. The van der Waals surface area contributed by atoms with E-state index in [0.29, 0.717) is 6.42 Å². The number of hydrogen-bond acceptors (Lipinski definition) is 4. The molecule has 0 aliphatic heterocycles. The van der Waals surface area contributed by atoms with Gasteiger partial charge in [-0.1, -0.05) is 103 Å². The van der Waals surface area contributed by atoms with Crippen molar-refractivity contribution < 1.29 is 47.3 Å². The molecule has 0 atom stereocenters. The van der Waals surface area contributed by atoms with Crippen LogP contribution in [0.15, 0.2) is 0 Å². The topological polar surface area (TPSA) is 77.5 Å². The molecule has 0 radical (unpaired) electrons. The van der Waals surface area contributed by atoms with Crippen molar-refractivity contribution in [2.45, 2.75) is 135 Å². The number of amides is 1. The van der Waals surface area contributed by atoms with Crippen LogP contribution in [0.5, 0.6) is 0 Å². The summed E-state index contributed by atoms with van der Waals surface area (Å²) in [6, 6.07) is 0.120. The Hall–Kier alpha value is 0.380. The Balaban J connectivity index is 0.00000900. The Kier molecular flexibility index (Phi) is 20.1. The van der Waals surface area contributed by atoms with Crippen molar-refractivity contribution in [2.24, 2.45) is 0 Å². The van der Waals surface area contributed by atoms with Crippen LogP contribution >= 0.6 is 0 Å². The molecule has 0 N–H and O–H groups in total. The SMILES string of the molecule is CCCCCCCCCCCCCCCC(=O)N(CCS(=O)(=O)[O-])C1CCCCC1.[Na+]. The molecule has 0 aromatic heterocycles. The van der Waals surface area contributed by atoms with Gasteiger partial charge in [0.1, 0.15) is 0 Å². The molecule has 0 spiro atoms. The minimum absolute atomic E-state index is 0. The largest absolute Gasteiger partial charge is 1.00 e. The summed E-state index contributed by atoms with van der Waals surface area (Å²) in [5, 5.41) is 0. The zero-order chi connectivity index (χ0) is 22.1. The van der Waals surface area contributed by atoms with E-state index >= 15 is 0 Å². The molecule has 0 saturated heterocycles. The molecule has 0 bridgehead atoms. The van der Waals surface area contributed by atoms with Gasteiger partial charge in [-0.05, 0) is 19.3 Å². The molecule has 7 heteroatoms. The van der Waals surface area contributed by atoms with Crippen LogP contribution < -0.4 is 29.6 Å². The van der Waals surface area contributed by atoms with E-state index in [4.69, 9.17) is 0 Å². The second-order valence-corrected chi connectivity index (χ2v) is 10.7. The number of carbonyl (C=O) groups excluding carboxylic acids is 1. The van der Waals surface area contributed by atoms with Crippen LogP contribution in [0.2, 0.25) is 0 Å². The van der Waals surface area contributed by atoms with Crippen molar-refractivity contribution in [3.05, 3.63) is 0 Å². The molecule has 0 aromatic rings. The summed E-state index contributed by atoms with van der Waals surface area (Å²) in [4.78, 5) is 14.4. The maximum absolute atomic E-state index is 12.7. The van der Waals surface area contributed by atoms with Crippen LogP contribution in [0, 0.1) is 0 Å². The van der Waals surface area contributed by atoms with E-state index in [2.05, 4.69) is 6.92 Å².